The lowest BCUT2D eigenvalue weighted by atomic mass is 10.2. The molecule has 0 atom stereocenters. The van der Waals surface area contributed by atoms with E-state index in [1.165, 1.54) is 6.20 Å². The van der Waals surface area contributed by atoms with E-state index in [1.54, 1.807) is 12.1 Å². The van der Waals surface area contributed by atoms with Crippen LogP contribution in [0.4, 0.5) is 5.69 Å². The molecule has 1 amide bonds. The third kappa shape index (κ3) is 6.91. The van der Waals surface area contributed by atoms with Gasteiger partial charge >= 0.3 is 0 Å². The smallest absolute Gasteiger partial charge is 0.267 e. The summed E-state index contributed by atoms with van der Waals surface area (Å²) < 4.78 is 5.41. The lowest BCUT2D eigenvalue weighted by Gasteiger charge is -2.07. The second kappa shape index (κ2) is 9.59. The van der Waals surface area contributed by atoms with Crippen LogP contribution in [0.2, 0.25) is 0 Å². The SMILES string of the molecule is Cc1ccc(NC(=O)/C(C#N)=C\NCCCOC(C)C)cc1. The van der Waals surface area contributed by atoms with E-state index in [1.807, 2.05) is 39.0 Å². The van der Waals surface area contributed by atoms with Crippen molar-refractivity contribution < 1.29 is 9.53 Å². The van der Waals surface area contributed by atoms with Crippen molar-refractivity contribution in [2.45, 2.75) is 33.3 Å². The number of carbonyl (C=O) groups excluding carboxylic acids is 1. The molecule has 0 spiro atoms. The highest BCUT2D eigenvalue weighted by molar-refractivity contribution is 6.06. The maximum absolute atomic E-state index is 12.0. The van der Waals surface area contributed by atoms with E-state index in [2.05, 4.69) is 10.6 Å². The molecule has 0 aromatic heterocycles. The molecule has 118 valence electrons. The molecular weight excluding hydrogens is 278 g/mol. The van der Waals surface area contributed by atoms with Gasteiger partial charge in [0.2, 0.25) is 0 Å². The predicted molar refractivity (Wildman–Crippen MR) is 87.2 cm³/mol. The molecule has 5 heteroatoms. The normalized spacial score (nSPS) is 11.1. The third-order valence-electron chi connectivity index (χ3n) is 2.84. The standard InChI is InChI=1S/C17H23N3O2/c1-13(2)22-10-4-9-19-12-15(11-18)17(21)20-16-7-5-14(3)6-8-16/h5-8,12-13,19H,4,9-10H2,1-3H3,(H,20,21)/b15-12-. The summed E-state index contributed by atoms with van der Waals surface area (Å²) in [6.45, 7) is 7.23. The monoisotopic (exact) mass is 301 g/mol. The third-order valence-corrected chi connectivity index (χ3v) is 2.84. The second-order valence-electron chi connectivity index (χ2n) is 5.22. The number of nitriles is 1. The van der Waals surface area contributed by atoms with Crippen LogP contribution in [0, 0.1) is 18.3 Å². The molecule has 0 heterocycles. The van der Waals surface area contributed by atoms with Gasteiger partial charge < -0.3 is 15.4 Å². The summed E-state index contributed by atoms with van der Waals surface area (Å²) >= 11 is 0. The Morgan fingerprint density at radius 3 is 2.64 bits per heavy atom. The number of aryl methyl sites for hydroxylation is 1. The fourth-order valence-corrected chi connectivity index (χ4v) is 1.65. The average molecular weight is 301 g/mol. The first kappa shape index (κ1) is 17.7. The number of hydrogen-bond donors (Lipinski definition) is 2. The van der Waals surface area contributed by atoms with Gasteiger partial charge in [-0.05, 0) is 39.3 Å². The molecule has 1 aromatic carbocycles. The number of amides is 1. The quantitative estimate of drug-likeness (QED) is 0.440. The number of nitrogens with zero attached hydrogens (tertiary/aromatic N) is 1. The van der Waals surface area contributed by atoms with Crippen LogP contribution in [0.5, 0.6) is 0 Å². The second-order valence-corrected chi connectivity index (χ2v) is 5.22. The molecule has 0 fully saturated rings. The average Bonchev–Trinajstić information content (AvgIpc) is 2.48. The molecule has 5 nitrogen and oxygen atoms in total. The fraction of sp³-hybridized carbons (Fsp3) is 0.412. The van der Waals surface area contributed by atoms with Gasteiger partial charge in [0.1, 0.15) is 11.6 Å². The van der Waals surface area contributed by atoms with Crippen molar-refractivity contribution in [1.82, 2.24) is 5.32 Å². The first-order chi connectivity index (χ1) is 10.5. The van der Waals surface area contributed by atoms with E-state index in [-0.39, 0.29) is 11.7 Å². The summed E-state index contributed by atoms with van der Waals surface area (Å²) in [6, 6.07) is 9.31. The van der Waals surface area contributed by atoms with Gasteiger partial charge in [-0.25, -0.2) is 0 Å². The molecule has 1 aromatic rings. The van der Waals surface area contributed by atoms with Gasteiger partial charge in [0.15, 0.2) is 0 Å². The Bertz CT molecular complexity index is 542. The van der Waals surface area contributed by atoms with Crippen LogP contribution >= 0.6 is 0 Å². The predicted octanol–water partition coefficient (Wildman–Crippen LogP) is 2.75. The molecule has 0 radical (unpaired) electrons. The number of hydrogen-bond acceptors (Lipinski definition) is 4. The first-order valence-electron chi connectivity index (χ1n) is 7.36. The number of rotatable bonds is 8. The molecule has 2 N–H and O–H groups in total. The Balaban J connectivity index is 2.42. The van der Waals surface area contributed by atoms with Crippen LogP contribution in [0.3, 0.4) is 0 Å². The van der Waals surface area contributed by atoms with Crippen LogP contribution in [-0.4, -0.2) is 25.2 Å². The highest BCUT2D eigenvalue weighted by Crippen LogP contribution is 2.09. The Hall–Kier alpha value is -2.32. The molecule has 0 saturated heterocycles. The van der Waals surface area contributed by atoms with Crippen molar-refractivity contribution in [2.24, 2.45) is 0 Å². The van der Waals surface area contributed by atoms with E-state index in [0.717, 1.165) is 12.0 Å². The van der Waals surface area contributed by atoms with Crippen LogP contribution in [0.15, 0.2) is 36.0 Å². The van der Waals surface area contributed by atoms with E-state index >= 15 is 0 Å². The topological polar surface area (TPSA) is 74.2 Å². The van der Waals surface area contributed by atoms with Crippen LogP contribution in [0.25, 0.3) is 0 Å². The number of benzene rings is 1. The van der Waals surface area contributed by atoms with E-state index in [4.69, 9.17) is 10.00 Å². The summed E-state index contributed by atoms with van der Waals surface area (Å²) in [5.41, 5.74) is 1.83. The van der Waals surface area contributed by atoms with Crippen LogP contribution in [0.1, 0.15) is 25.8 Å². The summed E-state index contributed by atoms with van der Waals surface area (Å²) in [6.07, 6.45) is 2.47. The lowest BCUT2D eigenvalue weighted by Crippen LogP contribution is -2.18. The van der Waals surface area contributed by atoms with E-state index in [9.17, 15) is 4.79 Å². The largest absolute Gasteiger partial charge is 0.390 e. The number of ether oxygens (including phenoxy) is 1. The summed E-state index contributed by atoms with van der Waals surface area (Å²) in [4.78, 5) is 12.0. The summed E-state index contributed by atoms with van der Waals surface area (Å²) in [5.74, 6) is -0.419. The van der Waals surface area contributed by atoms with E-state index < -0.39 is 5.91 Å². The molecule has 0 saturated carbocycles. The van der Waals surface area contributed by atoms with Crippen molar-refractivity contribution in [3.63, 3.8) is 0 Å². The van der Waals surface area contributed by atoms with Crippen molar-refractivity contribution in [3.8, 4) is 6.07 Å². The van der Waals surface area contributed by atoms with Crippen LogP contribution in [-0.2, 0) is 9.53 Å². The van der Waals surface area contributed by atoms with Crippen LogP contribution < -0.4 is 10.6 Å². The van der Waals surface area contributed by atoms with Crippen molar-refractivity contribution in [2.75, 3.05) is 18.5 Å². The summed E-state index contributed by atoms with van der Waals surface area (Å²) in [7, 11) is 0. The fourth-order valence-electron chi connectivity index (χ4n) is 1.65. The van der Waals surface area contributed by atoms with Gasteiger partial charge in [-0.2, -0.15) is 5.26 Å². The van der Waals surface area contributed by atoms with Crippen molar-refractivity contribution >= 4 is 11.6 Å². The van der Waals surface area contributed by atoms with Gasteiger partial charge in [0, 0.05) is 25.0 Å². The minimum Gasteiger partial charge on any atom is -0.390 e. The maximum Gasteiger partial charge on any atom is 0.267 e. The Morgan fingerprint density at radius 2 is 2.05 bits per heavy atom. The molecule has 0 aliphatic heterocycles. The zero-order chi connectivity index (χ0) is 16.4. The molecule has 0 unspecified atom stereocenters. The Labute approximate surface area is 132 Å². The molecule has 0 aliphatic rings. The molecular formula is C17H23N3O2. The van der Waals surface area contributed by atoms with Gasteiger partial charge in [-0.1, -0.05) is 17.7 Å². The highest BCUT2D eigenvalue weighted by Gasteiger charge is 2.08. The maximum atomic E-state index is 12.0. The minimum absolute atomic E-state index is 0.0466. The van der Waals surface area contributed by atoms with Gasteiger partial charge in [-0.3, -0.25) is 4.79 Å². The number of carbonyl (C=O) groups is 1. The lowest BCUT2D eigenvalue weighted by molar-refractivity contribution is -0.112. The zero-order valence-corrected chi connectivity index (χ0v) is 13.3. The molecule has 22 heavy (non-hydrogen) atoms. The minimum atomic E-state index is -0.419. The van der Waals surface area contributed by atoms with E-state index in [0.29, 0.717) is 18.8 Å². The first-order valence-corrected chi connectivity index (χ1v) is 7.36. The molecule has 0 aliphatic carbocycles. The van der Waals surface area contributed by atoms with Gasteiger partial charge in [-0.15, -0.1) is 0 Å². The van der Waals surface area contributed by atoms with Gasteiger partial charge in [0.05, 0.1) is 6.10 Å². The molecule has 1 rings (SSSR count). The Kier molecular flexibility index (Phi) is 7.73. The number of anilines is 1. The number of nitrogens with one attached hydrogen (secondary N) is 2. The van der Waals surface area contributed by atoms with Gasteiger partial charge in [0.25, 0.3) is 5.91 Å². The molecule has 0 bridgehead atoms. The van der Waals surface area contributed by atoms with Crippen molar-refractivity contribution in [3.05, 3.63) is 41.6 Å². The zero-order valence-electron chi connectivity index (χ0n) is 13.3. The Morgan fingerprint density at radius 1 is 1.36 bits per heavy atom. The van der Waals surface area contributed by atoms with Crippen molar-refractivity contribution in [1.29, 1.82) is 5.26 Å². The highest BCUT2D eigenvalue weighted by atomic mass is 16.5. The summed E-state index contributed by atoms with van der Waals surface area (Å²) in [5, 5.41) is 14.7.